The predicted molar refractivity (Wildman–Crippen MR) is 75.9 cm³/mol. The maximum Gasteiger partial charge on any atom is 0.123 e. The second kappa shape index (κ2) is 8.05. The molecule has 0 aliphatic rings. The van der Waals surface area contributed by atoms with Crippen LogP contribution in [0, 0.1) is 13.8 Å². The summed E-state index contributed by atoms with van der Waals surface area (Å²) in [7, 11) is 0. The summed E-state index contributed by atoms with van der Waals surface area (Å²) in [5.41, 5.74) is 2.20. The first kappa shape index (κ1) is 14.8. The van der Waals surface area contributed by atoms with Crippen LogP contribution in [-0.2, 0) is 0 Å². The van der Waals surface area contributed by atoms with Crippen molar-refractivity contribution in [3.8, 4) is 0 Å². The van der Waals surface area contributed by atoms with Crippen molar-refractivity contribution in [2.24, 2.45) is 0 Å². The first-order valence-corrected chi connectivity index (χ1v) is 6.40. The summed E-state index contributed by atoms with van der Waals surface area (Å²) < 4.78 is 0. The van der Waals surface area contributed by atoms with Crippen molar-refractivity contribution in [1.82, 2.24) is 4.98 Å². The van der Waals surface area contributed by atoms with E-state index in [2.05, 4.69) is 18.5 Å². The highest BCUT2D eigenvalue weighted by atomic mass is 32.1. The van der Waals surface area contributed by atoms with Crippen molar-refractivity contribution in [3.63, 3.8) is 0 Å². The summed E-state index contributed by atoms with van der Waals surface area (Å²) in [5.74, 6) is 0. The summed E-state index contributed by atoms with van der Waals surface area (Å²) in [4.78, 5) is 5.75. The number of allylic oxidation sites excluding steroid dienone is 5. The third-order valence-corrected chi connectivity index (χ3v) is 3.09. The summed E-state index contributed by atoms with van der Waals surface area (Å²) in [6, 6.07) is 0. The predicted octanol–water partition coefficient (Wildman–Crippen LogP) is 4.93. The Kier molecular flexibility index (Phi) is 7.48. The quantitative estimate of drug-likeness (QED) is 0.677. The zero-order valence-electron chi connectivity index (χ0n) is 10.9. The van der Waals surface area contributed by atoms with E-state index < -0.39 is 0 Å². The molecule has 0 N–H and O–H groups in total. The Hall–Kier alpha value is -1.15. The fraction of sp³-hybridized carbons (Fsp3) is 0.357. The maximum absolute atomic E-state index is 4.48. The maximum atomic E-state index is 4.48. The van der Waals surface area contributed by atoms with Gasteiger partial charge in [-0.25, -0.2) is 4.98 Å². The zero-order valence-corrected chi connectivity index (χ0v) is 11.7. The number of aromatic nitrogens is 1. The third-order valence-electron chi connectivity index (χ3n) is 1.96. The second-order valence-corrected chi connectivity index (χ2v) is 4.22. The van der Waals surface area contributed by atoms with E-state index >= 15 is 0 Å². The van der Waals surface area contributed by atoms with Gasteiger partial charge in [0.05, 0.1) is 5.69 Å². The van der Waals surface area contributed by atoms with Crippen LogP contribution in [0.5, 0.6) is 0 Å². The van der Waals surface area contributed by atoms with E-state index in [1.54, 1.807) is 11.3 Å². The van der Waals surface area contributed by atoms with Gasteiger partial charge in [-0.3, -0.25) is 0 Å². The van der Waals surface area contributed by atoms with E-state index in [0.717, 1.165) is 16.3 Å². The average Bonchev–Trinajstić information content (AvgIpc) is 2.63. The van der Waals surface area contributed by atoms with Crippen LogP contribution < -0.4 is 0 Å². The molecule has 0 saturated carbocycles. The average molecular weight is 235 g/mol. The molecule has 2 heteroatoms. The highest BCUT2D eigenvalue weighted by Gasteiger charge is 2.05. The van der Waals surface area contributed by atoms with Crippen molar-refractivity contribution in [3.05, 3.63) is 46.5 Å². The van der Waals surface area contributed by atoms with Crippen molar-refractivity contribution in [2.45, 2.75) is 34.6 Å². The van der Waals surface area contributed by atoms with E-state index in [9.17, 15) is 0 Å². The number of aryl methyl sites for hydroxylation is 2. The minimum absolute atomic E-state index is 1.05. The van der Waals surface area contributed by atoms with Crippen LogP contribution in [0.15, 0.2) is 30.9 Å². The van der Waals surface area contributed by atoms with E-state index in [1.807, 2.05) is 52.0 Å². The smallest absolute Gasteiger partial charge is 0.123 e. The Morgan fingerprint density at radius 1 is 1.31 bits per heavy atom. The normalized spacial score (nSPS) is 11.2. The lowest BCUT2D eigenvalue weighted by molar-refractivity contribution is 1.21. The lowest BCUT2D eigenvalue weighted by Gasteiger charge is -1.92. The topological polar surface area (TPSA) is 12.9 Å². The Balaban J connectivity index is 0.00000106. The first-order valence-electron chi connectivity index (χ1n) is 5.59. The van der Waals surface area contributed by atoms with Crippen LogP contribution in [-0.4, -0.2) is 4.98 Å². The molecule has 0 aromatic carbocycles. The van der Waals surface area contributed by atoms with Crippen LogP contribution in [0.4, 0.5) is 0 Å². The van der Waals surface area contributed by atoms with Gasteiger partial charge in [-0.1, -0.05) is 44.7 Å². The number of nitrogens with zero attached hydrogens (tertiary/aromatic N) is 1. The fourth-order valence-electron chi connectivity index (χ4n) is 1.02. The summed E-state index contributed by atoms with van der Waals surface area (Å²) in [6.45, 7) is 13.9. The highest BCUT2D eigenvalue weighted by molar-refractivity contribution is 7.12. The van der Waals surface area contributed by atoms with E-state index in [0.29, 0.717) is 0 Å². The number of thiazole rings is 1. The molecular formula is C14H21NS. The van der Waals surface area contributed by atoms with Gasteiger partial charge < -0.3 is 0 Å². The largest absolute Gasteiger partial charge is 0.241 e. The van der Waals surface area contributed by atoms with Crippen LogP contribution in [0.2, 0.25) is 0 Å². The van der Waals surface area contributed by atoms with Crippen LogP contribution in [0.25, 0.3) is 5.57 Å². The molecular weight excluding hydrogens is 214 g/mol. The highest BCUT2D eigenvalue weighted by Crippen LogP contribution is 2.24. The third kappa shape index (κ3) is 4.15. The molecule has 0 fully saturated rings. The molecule has 1 nitrogen and oxygen atoms in total. The van der Waals surface area contributed by atoms with Crippen molar-refractivity contribution < 1.29 is 0 Å². The molecule has 0 spiro atoms. The Labute approximate surface area is 103 Å². The van der Waals surface area contributed by atoms with Crippen molar-refractivity contribution >= 4 is 16.9 Å². The summed E-state index contributed by atoms with van der Waals surface area (Å²) in [6.07, 6.45) is 7.88. The molecule has 0 bridgehead atoms. The van der Waals surface area contributed by atoms with Crippen LogP contribution in [0.3, 0.4) is 0 Å². The molecule has 1 rings (SSSR count). The van der Waals surface area contributed by atoms with Crippen LogP contribution in [0.1, 0.15) is 36.3 Å². The van der Waals surface area contributed by atoms with Gasteiger partial charge in [0.15, 0.2) is 0 Å². The Bertz CT molecular complexity index is 364. The molecule has 0 aliphatic carbocycles. The molecule has 1 heterocycles. The molecule has 88 valence electrons. The molecule has 0 unspecified atom stereocenters. The molecule has 0 radical (unpaired) electrons. The molecule has 0 amide bonds. The lowest BCUT2D eigenvalue weighted by atomic mass is 10.2. The van der Waals surface area contributed by atoms with E-state index in [-0.39, 0.29) is 0 Å². The number of hydrogen-bond acceptors (Lipinski definition) is 2. The lowest BCUT2D eigenvalue weighted by Crippen LogP contribution is -1.79. The van der Waals surface area contributed by atoms with Crippen LogP contribution >= 0.6 is 11.3 Å². The van der Waals surface area contributed by atoms with Gasteiger partial charge in [0.2, 0.25) is 0 Å². The monoisotopic (exact) mass is 235 g/mol. The zero-order chi connectivity index (χ0) is 12.6. The molecule has 16 heavy (non-hydrogen) atoms. The molecule has 0 atom stereocenters. The van der Waals surface area contributed by atoms with Crippen molar-refractivity contribution in [2.75, 3.05) is 0 Å². The van der Waals surface area contributed by atoms with E-state index in [1.165, 1.54) is 4.88 Å². The minimum Gasteiger partial charge on any atom is -0.241 e. The van der Waals surface area contributed by atoms with Gasteiger partial charge in [0, 0.05) is 10.5 Å². The summed E-state index contributed by atoms with van der Waals surface area (Å²) in [5, 5.41) is 1.05. The molecule has 0 aliphatic heterocycles. The van der Waals surface area contributed by atoms with Gasteiger partial charge in [-0.2, -0.15) is 0 Å². The standard InChI is InChI=1S/C12H15NS.C2H6/c1-5-7-8-11(6-2)12-13-9(3)10(4)14-12;1-2/h5-8H,2H2,1,3-4H3;1-2H3/b7-5-,11-8+;. The molecule has 0 saturated heterocycles. The molecule has 1 aromatic heterocycles. The first-order chi connectivity index (χ1) is 7.69. The Morgan fingerprint density at radius 2 is 1.94 bits per heavy atom. The molecule has 1 aromatic rings. The van der Waals surface area contributed by atoms with Gasteiger partial charge in [0.1, 0.15) is 5.01 Å². The second-order valence-electron chi connectivity index (χ2n) is 3.01. The van der Waals surface area contributed by atoms with Gasteiger partial charge in [-0.05, 0) is 20.8 Å². The van der Waals surface area contributed by atoms with E-state index in [4.69, 9.17) is 0 Å². The van der Waals surface area contributed by atoms with Crippen molar-refractivity contribution in [1.29, 1.82) is 0 Å². The number of hydrogen-bond donors (Lipinski definition) is 0. The number of rotatable bonds is 3. The Morgan fingerprint density at radius 3 is 2.31 bits per heavy atom. The minimum atomic E-state index is 1.05. The van der Waals surface area contributed by atoms with Gasteiger partial charge >= 0.3 is 0 Å². The van der Waals surface area contributed by atoms with Gasteiger partial charge in [0.25, 0.3) is 0 Å². The summed E-state index contributed by atoms with van der Waals surface area (Å²) >= 11 is 1.71. The SMILES string of the molecule is C=C/C(=C\C=C/C)c1nc(C)c(C)s1.CC. The van der Waals surface area contributed by atoms with Gasteiger partial charge in [-0.15, -0.1) is 11.3 Å². The fourth-order valence-corrected chi connectivity index (χ4v) is 1.96.